The number of aromatic nitrogens is 1. The van der Waals surface area contributed by atoms with Crippen molar-refractivity contribution >= 4 is 26.0 Å². The van der Waals surface area contributed by atoms with Crippen LogP contribution in [0.2, 0.25) is 0 Å². The quantitative estimate of drug-likeness (QED) is 0.592. The molecule has 0 radical (unpaired) electrons. The van der Waals surface area contributed by atoms with E-state index in [9.17, 15) is 8.42 Å². The van der Waals surface area contributed by atoms with E-state index in [2.05, 4.69) is 31.0 Å². The molecule has 1 heterocycles. The van der Waals surface area contributed by atoms with E-state index in [4.69, 9.17) is 0 Å². The SMILES string of the molecule is CNS(=O)(=O)CCNCc1cccc(Br)n1. The van der Waals surface area contributed by atoms with Crippen molar-refractivity contribution in [1.82, 2.24) is 15.0 Å². The maximum absolute atomic E-state index is 11.1. The Morgan fingerprint density at radius 1 is 1.44 bits per heavy atom. The molecule has 0 aliphatic heterocycles. The van der Waals surface area contributed by atoms with Gasteiger partial charge >= 0.3 is 0 Å². The molecule has 7 heteroatoms. The first kappa shape index (κ1) is 13.6. The lowest BCUT2D eigenvalue weighted by Crippen LogP contribution is -2.29. The summed E-state index contributed by atoms with van der Waals surface area (Å²) in [5, 5.41) is 3.02. The summed E-state index contributed by atoms with van der Waals surface area (Å²) in [4.78, 5) is 4.22. The number of sulfonamides is 1. The van der Waals surface area contributed by atoms with Gasteiger partial charge in [0.05, 0.1) is 11.4 Å². The van der Waals surface area contributed by atoms with Crippen LogP contribution < -0.4 is 10.0 Å². The molecule has 1 aromatic rings. The molecule has 0 bridgehead atoms. The van der Waals surface area contributed by atoms with Gasteiger partial charge in [0.2, 0.25) is 10.0 Å². The summed E-state index contributed by atoms with van der Waals surface area (Å²) < 4.78 is 25.2. The highest BCUT2D eigenvalue weighted by molar-refractivity contribution is 9.10. The minimum Gasteiger partial charge on any atom is -0.310 e. The van der Waals surface area contributed by atoms with E-state index in [1.165, 1.54) is 7.05 Å². The van der Waals surface area contributed by atoms with E-state index >= 15 is 0 Å². The minimum atomic E-state index is -3.12. The number of nitrogens with zero attached hydrogens (tertiary/aromatic N) is 1. The summed E-state index contributed by atoms with van der Waals surface area (Å²) in [7, 11) is -1.72. The van der Waals surface area contributed by atoms with Crippen LogP contribution in [0, 0.1) is 0 Å². The molecule has 0 aliphatic rings. The van der Waals surface area contributed by atoms with Crippen LogP contribution in [-0.4, -0.2) is 32.7 Å². The summed E-state index contributed by atoms with van der Waals surface area (Å²) >= 11 is 3.27. The zero-order valence-electron chi connectivity index (χ0n) is 8.90. The molecule has 2 N–H and O–H groups in total. The molecule has 90 valence electrons. The number of rotatable bonds is 6. The Morgan fingerprint density at radius 2 is 2.19 bits per heavy atom. The van der Waals surface area contributed by atoms with Gasteiger partial charge in [0, 0.05) is 13.1 Å². The molecule has 0 saturated heterocycles. The first-order chi connectivity index (χ1) is 7.53. The molecule has 1 aromatic heterocycles. The Labute approximate surface area is 104 Å². The molecule has 0 spiro atoms. The van der Waals surface area contributed by atoms with Gasteiger partial charge in [0.15, 0.2) is 0 Å². The fraction of sp³-hybridized carbons (Fsp3) is 0.444. The van der Waals surface area contributed by atoms with Crippen LogP contribution in [0.25, 0.3) is 0 Å². The third-order valence-electron chi connectivity index (χ3n) is 1.94. The highest BCUT2D eigenvalue weighted by atomic mass is 79.9. The molecule has 0 atom stereocenters. The summed E-state index contributed by atoms with van der Waals surface area (Å²) in [5.74, 6) is 0.0670. The third kappa shape index (κ3) is 5.02. The second kappa shape index (κ2) is 6.29. The van der Waals surface area contributed by atoms with Crippen molar-refractivity contribution in [2.45, 2.75) is 6.54 Å². The van der Waals surface area contributed by atoms with Gasteiger partial charge < -0.3 is 5.32 Å². The lowest BCUT2D eigenvalue weighted by Gasteiger charge is -2.05. The molecule has 16 heavy (non-hydrogen) atoms. The van der Waals surface area contributed by atoms with Crippen LogP contribution in [-0.2, 0) is 16.6 Å². The van der Waals surface area contributed by atoms with Crippen LogP contribution in [0.15, 0.2) is 22.8 Å². The third-order valence-corrected chi connectivity index (χ3v) is 3.74. The fourth-order valence-electron chi connectivity index (χ4n) is 1.07. The van der Waals surface area contributed by atoms with E-state index in [1.54, 1.807) is 0 Å². The summed E-state index contributed by atoms with van der Waals surface area (Å²) in [5.41, 5.74) is 0.872. The highest BCUT2D eigenvalue weighted by Gasteiger charge is 2.05. The molecular weight excluding hydrogens is 294 g/mol. The zero-order chi connectivity index (χ0) is 12.0. The maximum Gasteiger partial charge on any atom is 0.212 e. The average Bonchev–Trinajstić information content (AvgIpc) is 2.25. The van der Waals surface area contributed by atoms with E-state index in [-0.39, 0.29) is 5.75 Å². The zero-order valence-corrected chi connectivity index (χ0v) is 11.3. The number of halogens is 1. The Kier molecular flexibility index (Phi) is 5.33. The molecule has 0 aromatic carbocycles. The van der Waals surface area contributed by atoms with Crippen molar-refractivity contribution in [1.29, 1.82) is 0 Å². The van der Waals surface area contributed by atoms with Crippen molar-refractivity contribution in [2.24, 2.45) is 0 Å². The second-order valence-corrected chi connectivity index (χ2v) is 6.01. The predicted octanol–water partition coefficient (Wildman–Crippen LogP) is 0.483. The van der Waals surface area contributed by atoms with E-state index in [0.29, 0.717) is 13.1 Å². The van der Waals surface area contributed by atoms with Gasteiger partial charge in [-0.15, -0.1) is 0 Å². The Bertz CT molecular complexity index is 436. The largest absolute Gasteiger partial charge is 0.310 e. The highest BCUT2D eigenvalue weighted by Crippen LogP contribution is 2.05. The van der Waals surface area contributed by atoms with Crippen LogP contribution in [0.5, 0.6) is 0 Å². The summed E-state index contributed by atoms with van der Waals surface area (Å²) in [6, 6.07) is 5.61. The minimum absolute atomic E-state index is 0.0670. The number of hydrogen-bond donors (Lipinski definition) is 2. The smallest absolute Gasteiger partial charge is 0.212 e. The van der Waals surface area contributed by atoms with Crippen molar-refractivity contribution < 1.29 is 8.42 Å². The van der Waals surface area contributed by atoms with Gasteiger partial charge in [0.1, 0.15) is 4.60 Å². The molecule has 0 amide bonds. The first-order valence-electron chi connectivity index (χ1n) is 4.77. The molecule has 0 fully saturated rings. The van der Waals surface area contributed by atoms with Gasteiger partial charge in [-0.25, -0.2) is 18.1 Å². The van der Waals surface area contributed by atoms with Gasteiger partial charge in [-0.1, -0.05) is 6.07 Å². The molecular formula is C9H14BrN3O2S. The Hall–Kier alpha value is -0.500. The lowest BCUT2D eigenvalue weighted by molar-refractivity contribution is 0.582. The first-order valence-corrected chi connectivity index (χ1v) is 7.21. The molecule has 5 nitrogen and oxygen atoms in total. The number of nitrogens with one attached hydrogen (secondary N) is 2. The fourth-order valence-corrected chi connectivity index (χ4v) is 2.07. The van der Waals surface area contributed by atoms with Gasteiger partial charge in [0.25, 0.3) is 0 Å². The summed E-state index contributed by atoms with van der Waals surface area (Å²) in [6.07, 6.45) is 0. The monoisotopic (exact) mass is 307 g/mol. The molecule has 0 saturated carbocycles. The van der Waals surface area contributed by atoms with Crippen molar-refractivity contribution in [3.8, 4) is 0 Å². The van der Waals surface area contributed by atoms with E-state index < -0.39 is 10.0 Å². The van der Waals surface area contributed by atoms with E-state index in [1.807, 2.05) is 18.2 Å². The van der Waals surface area contributed by atoms with Gasteiger partial charge in [-0.3, -0.25) is 0 Å². The van der Waals surface area contributed by atoms with Crippen LogP contribution in [0.4, 0.5) is 0 Å². The maximum atomic E-state index is 11.1. The molecule has 0 unspecified atom stereocenters. The predicted molar refractivity (Wildman–Crippen MR) is 66.5 cm³/mol. The van der Waals surface area contributed by atoms with Gasteiger partial charge in [-0.2, -0.15) is 0 Å². The number of pyridine rings is 1. The van der Waals surface area contributed by atoms with Crippen LogP contribution in [0.1, 0.15) is 5.69 Å². The van der Waals surface area contributed by atoms with Crippen LogP contribution in [0.3, 0.4) is 0 Å². The Morgan fingerprint density at radius 3 is 2.81 bits per heavy atom. The standard InChI is InChI=1S/C9H14BrN3O2S/c1-11-16(14,15)6-5-12-7-8-3-2-4-9(10)13-8/h2-4,11-12H,5-7H2,1H3. The van der Waals surface area contributed by atoms with Crippen molar-refractivity contribution in [2.75, 3.05) is 19.3 Å². The average molecular weight is 308 g/mol. The summed E-state index contributed by atoms with van der Waals surface area (Å²) in [6.45, 7) is 0.954. The topological polar surface area (TPSA) is 71.1 Å². The van der Waals surface area contributed by atoms with Crippen molar-refractivity contribution in [3.63, 3.8) is 0 Å². The molecule has 0 aliphatic carbocycles. The van der Waals surface area contributed by atoms with Crippen LogP contribution >= 0.6 is 15.9 Å². The molecule has 1 rings (SSSR count). The van der Waals surface area contributed by atoms with Crippen molar-refractivity contribution in [3.05, 3.63) is 28.5 Å². The normalized spacial score (nSPS) is 11.6. The lowest BCUT2D eigenvalue weighted by atomic mass is 10.3. The van der Waals surface area contributed by atoms with E-state index in [0.717, 1.165) is 10.3 Å². The number of hydrogen-bond acceptors (Lipinski definition) is 4. The second-order valence-electron chi connectivity index (χ2n) is 3.15. The Balaban J connectivity index is 2.32. The van der Waals surface area contributed by atoms with Gasteiger partial charge in [-0.05, 0) is 35.1 Å².